The van der Waals surface area contributed by atoms with E-state index in [-0.39, 0.29) is 15.6 Å². The summed E-state index contributed by atoms with van der Waals surface area (Å²) in [6, 6.07) is 12.8. The van der Waals surface area contributed by atoms with E-state index < -0.39 is 17.7 Å². The van der Waals surface area contributed by atoms with Crippen LogP contribution in [0.2, 0.25) is 10.0 Å². The number of halogens is 2. The molecule has 2 N–H and O–H groups in total. The van der Waals surface area contributed by atoms with Gasteiger partial charge in [-0.05, 0) is 24.3 Å². The predicted octanol–water partition coefficient (Wildman–Crippen LogP) is 2.89. The van der Waals surface area contributed by atoms with E-state index in [1.54, 1.807) is 36.4 Å². The smallest absolute Gasteiger partial charge is 0.316 e. The standard InChI is InChI=1S/C15H10Cl2N2O3/c16-10-7-4-8-11(17)12(10)13(20)19-15(22)14(21)18-9-5-2-1-3-6-9/h1-8H,(H,18,21)(H,19,20,22). The highest BCUT2D eigenvalue weighted by Gasteiger charge is 2.21. The normalized spacial score (nSPS) is 9.91. The Kier molecular flexibility index (Phi) is 5.14. The molecule has 0 bridgehead atoms. The molecule has 0 heterocycles. The van der Waals surface area contributed by atoms with Gasteiger partial charge in [0.05, 0.1) is 15.6 Å². The number of hydrogen-bond donors (Lipinski definition) is 2. The zero-order valence-corrected chi connectivity index (χ0v) is 12.6. The quantitative estimate of drug-likeness (QED) is 0.828. The van der Waals surface area contributed by atoms with Crippen LogP contribution in [-0.2, 0) is 9.59 Å². The Morgan fingerprint density at radius 1 is 0.773 bits per heavy atom. The first kappa shape index (κ1) is 16.0. The Morgan fingerprint density at radius 3 is 1.95 bits per heavy atom. The van der Waals surface area contributed by atoms with Gasteiger partial charge in [-0.1, -0.05) is 47.5 Å². The molecule has 0 spiro atoms. The van der Waals surface area contributed by atoms with Crippen molar-refractivity contribution in [3.8, 4) is 0 Å². The lowest BCUT2D eigenvalue weighted by atomic mass is 10.2. The minimum atomic E-state index is -1.11. The minimum Gasteiger partial charge on any atom is -0.318 e. The maximum Gasteiger partial charge on any atom is 0.316 e. The van der Waals surface area contributed by atoms with Crippen LogP contribution in [0, 0.1) is 0 Å². The molecule has 0 radical (unpaired) electrons. The van der Waals surface area contributed by atoms with Gasteiger partial charge in [-0.3, -0.25) is 19.7 Å². The molecule has 0 aromatic heterocycles. The topological polar surface area (TPSA) is 75.3 Å². The van der Waals surface area contributed by atoms with Crippen LogP contribution in [0.15, 0.2) is 48.5 Å². The first-order valence-electron chi connectivity index (χ1n) is 6.15. The van der Waals surface area contributed by atoms with Crippen molar-refractivity contribution in [2.45, 2.75) is 0 Å². The molecular formula is C15H10Cl2N2O3. The van der Waals surface area contributed by atoms with E-state index in [0.29, 0.717) is 5.69 Å². The summed E-state index contributed by atoms with van der Waals surface area (Å²) in [6.45, 7) is 0. The van der Waals surface area contributed by atoms with Gasteiger partial charge >= 0.3 is 11.8 Å². The summed E-state index contributed by atoms with van der Waals surface area (Å²) < 4.78 is 0. The molecule has 5 nitrogen and oxygen atoms in total. The molecule has 0 aliphatic heterocycles. The van der Waals surface area contributed by atoms with Crippen LogP contribution in [0.25, 0.3) is 0 Å². The molecule has 0 saturated heterocycles. The Bertz CT molecular complexity index is 713. The van der Waals surface area contributed by atoms with Crippen LogP contribution >= 0.6 is 23.2 Å². The number of amides is 3. The fourth-order valence-electron chi connectivity index (χ4n) is 1.65. The average molecular weight is 337 g/mol. The molecule has 7 heteroatoms. The van der Waals surface area contributed by atoms with Crippen molar-refractivity contribution in [1.29, 1.82) is 0 Å². The average Bonchev–Trinajstić information content (AvgIpc) is 2.48. The van der Waals surface area contributed by atoms with Crippen LogP contribution in [0.3, 0.4) is 0 Å². The third-order valence-corrected chi connectivity index (χ3v) is 3.28. The maximum atomic E-state index is 12.0. The van der Waals surface area contributed by atoms with E-state index in [9.17, 15) is 14.4 Å². The SMILES string of the molecule is O=C(NC(=O)c1c(Cl)cccc1Cl)C(=O)Nc1ccccc1. The number of benzene rings is 2. The van der Waals surface area contributed by atoms with Crippen LogP contribution in [0.4, 0.5) is 5.69 Å². The summed E-state index contributed by atoms with van der Waals surface area (Å²) in [6.07, 6.45) is 0. The van der Waals surface area contributed by atoms with Crippen LogP contribution < -0.4 is 10.6 Å². The van der Waals surface area contributed by atoms with E-state index in [4.69, 9.17) is 23.2 Å². The molecule has 0 aliphatic carbocycles. The van der Waals surface area contributed by atoms with Crippen molar-refractivity contribution < 1.29 is 14.4 Å². The Balaban J connectivity index is 2.05. The molecule has 22 heavy (non-hydrogen) atoms. The fourth-order valence-corrected chi connectivity index (χ4v) is 2.22. The molecule has 0 saturated carbocycles. The number of carbonyl (C=O) groups is 3. The number of rotatable bonds is 2. The number of hydrogen-bond acceptors (Lipinski definition) is 3. The van der Waals surface area contributed by atoms with Gasteiger partial charge in [0.25, 0.3) is 5.91 Å². The van der Waals surface area contributed by atoms with E-state index in [0.717, 1.165) is 0 Å². The van der Waals surface area contributed by atoms with Crippen molar-refractivity contribution >= 4 is 46.6 Å². The van der Waals surface area contributed by atoms with Gasteiger partial charge in [-0.15, -0.1) is 0 Å². The van der Waals surface area contributed by atoms with Gasteiger partial charge in [-0.25, -0.2) is 0 Å². The molecule has 112 valence electrons. The van der Waals surface area contributed by atoms with E-state index in [1.165, 1.54) is 12.1 Å². The number of para-hydroxylation sites is 1. The number of carbonyl (C=O) groups excluding carboxylic acids is 3. The molecule has 3 amide bonds. The van der Waals surface area contributed by atoms with Gasteiger partial charge in [-0.2, -0.15) is 0 Å². The molecule has 0 atom stereocenters. The Labute approximate surface area is 136 Å². The molecule has 2 rings (SSSR count). The predicted molar refractivity (Wildman–Crippen MR) is 84.0 cm³/mol. The highest BCUT2D eigenvalue weighted by atomic mass is 35.5. The van der Waals surface area contributed by atoms with Crippen molar-refractivity contribution in [2.24, 2.45) is 0 Å². The lowest BCUT2D eigenvalue weighted by Gasteiger charge is -2.08. The van der Waals surface area contributed by atoms with Gasteiger partial charge < -0.3 is 5.32 Å². The lowest BCUT2D eigenvalue weighted by Crippen LogP contribution is -2.39. The van der Waals surface area contributed by atoms with Crippen molar-refractivity contribution in [3.05, 3.63) is 64.1 Å². The summed E-state index contributed by atoms with van der Waals surface area (Å²) in [5.74, 6) is -2.92. The second-order valence-electron chi connectivity index (χ2n) is 4.20. The monoisotopic (exact) mass is 336 g/mol. The van der Waals surface area contributed by atoms with Crippen LogP contribution in [-0.4, -0.2) is 17.7 Å². The van der Waals surface area contributed by atoms with E-state index in [2.05, 4.69) is 5.32 Å². The van der Waals surface area contributed by atoms with Crippen LogP contribution in [0.5, 0.6) is 0 Å². The Hall–Kier alpha value is -2.37. The lowest BCUT2D eigenvalue weighted by molar-refractivity contribution is -0.135. The largest absolute Gasteiger partial charge is 0.318 e. The highest BCUT2D eigenvalue weighted by Crippen LogP contribution is 2.23. The first-order valence-corrected chi connectivity index (χ1v) is 6.90. The summed E-state index contributed by atoms with van der Waals surface area (Å²) in [4.78, 5) is 35.4. The summed E-state index contributed by atoms with van der Waals surface area (Å²) in [7, 11) is 0. The third-order valence-electron chi connectivity index (χ3n) is 2.65. The summed E-state index contributed by atoms with van der Waals surface area (Å²) in [5.41, 5.74) is 0.373. The maximum absolute atomic E-state index is 12.0. The molecule has 0 fully saturated rings. The third kappa shape index (κ3) is 3.84. The van der Waals surface area contributed by atoms with Gasteiger partial charge in [0.2, 0.25) is 0 Å². The second kappa shape index (κ2) is 7.06. The minimum absolute atomic E-state index is 0.0632. The molecule has 2 aromatic carbocycles. The number of imide groups is 1. The Morgan fingerprint density at radius 2 is 1.36 bits per heavy atom. The van der Waals surface area contributed by atoms with Gasteiger partial charge in [0, 0.05) is 5.69 Å². The van der Waals surface area contributed by atoms with Crippen molar-refractivity contribution in [3.63, 3.8) is 0 Å². The molecular weight excluding hydrogens is 327 g/mol. The first-order chi connectivity index (χ1) is 10.5. The molecule has 0 aliphatic rings. The van der Waals surface area contributed by atoms with E-state index >= 15 is 0 Å². The summed E-state index contributed by atoms with van der Waals surface area (Å²) in [5, 5.41) is 4.47. The molecule has 0 unspecified atom stereocenters. The summed E-state index contributed by atoms with van der Waals surface area (Å²) >= 11 is 11.7. The van der Waals surface area contributed by atoms with Crippen molar-refractivity contribution in [2.75, 3.05) is 5.32 Å². The van der Waals surface area contributed by atoms with Gasteiger partial charge in [0.15, 0.2) is 0 Å². The zero-order valence-electron chi connectivity index (χ0n) is 11.1. The van der Waals surface area contributed by atoms with Crippen LogP contribution in [0.1, 0.15) is 10.4 Å². The molecule has 2 aromatic rings. The number of anilines is 1. The van der Waals surface area contributed by atoms with E-state index in [1.807, 2.05) is 5.32 Å². The second-order valence-corrected chi connectivity index (χ2v) is 5.01. The van der Waals surface area contributed by atoms with Gasteiger partial charge in [0.1, 0.15) is 0 Å². The zero-order chi connectivity index (χ0) is 16.1. The highest BCUT2D eigenvalue weighted by molar-refractivity contribution is 6.45. The fraction of sp³-hybridized carbons (Fsp3) is 0. The van der Waals surface area contributed by atoms with Crippen molar-refractivity contribution in [1.82, 2.24) is 5.32 Å². The number of nitrogens with one attached hydrogen (secondary N) is 2.